The Bertz CT molecular complexity index is 1070. The quantitative estimate of drug-likeness (QED) is 0.645. The fraction of sp³-hybridized carbons (Fsp3) is 0.480. The van der Waals surface area contributed by atoms with E-state index in [1.54, 1.807) is 20.4 Å². The number of carbonyl (C=O) groups excluding carboxylic acids is 2. The van der Waals surface area contributed by atoms with E-state index in [9.17, 15) is 9.59 Å². The fourth-order valence-corrected chi connectivity index (χ4v) is 5.37. The fourth-order valence-electron chi connectivity index (χ4n) is 4.76. The van der Waals surface area contributed by atoms with Crippen molar-refractivity contribution in [1.29, 1.82) is 0 Å². The standard InChI is InChI=1S/C25H32N4O4S/c1-5-27-10-11-28(24(30)23-26-8-12-34-23)9-6-7-19-13-17(2)22-18(16-29(19)25(27)31)14-20(32-3)15-21(22)33-4/h8,12-15,17H,5-7,9-11,16H2,1-4H3/t17-/m0/s1. The summed E-state index contributed by atoms with van der Waals surface area (Å²) in [5.41, 5.74) is 3.09. The van der Waals surface area contributed by atoms with Crippen LogP contribution in [0.4, 0.5) is 4.79 Å². The van der Waals surface area contributed by atoms with E-state index >= 15 is 0 Å². The molecule has 0 N–H and O–H groups in total. The van der Waals surface area contributed by atoms with Gasteiger partial charge >= 0.3 is 6.03 Å². The van der Waals surface area contributed by atoms with Gasteiger partial charge in [-0.25, -0.2) is 9.78 Å². The maximum absolute atomic E-state index is 13.7. The molecule has 34 heavy (non-hydrogen) atoms. The highest BCUT2D eigenvalue weighted by Gasteiger charge is 2.31. The van der Waals surface area contributed by atoms with Gasteiger partial charge in [0.1, 0.15) is 11.5 Å². The number of thiazole rings is 1. The molecule has 0 radical (unpaired) electrons. The summed E-state index contributed by atoms with van der Waals surface area (Å²) in [4.78, 5) is 36.5. The van der Waals surface area contributed by atoms with Crippen molar-refractivity contribution in [1.82, 2.24) is 19.7 Å². The van der Waals surface area contributed by atoms with Crippen molar-refractivity contribution in [3.8, 4) is 11.5 Å². The average Bonchev–Trinajstić information content (AvgIpc) is 3.34. The van der Waals surface area contributed by atoms with Crippen LogP contribution in [0.2, 0.25) is 0 Å². The summed E-state index contributed by atoms with van der Waals surface area (Å²) >= 11 is 1.35. The van der Waals surface area contributed by atoms with E-state index in [-0.39, 0.29) is 17.9 Å². The number of amides is 3. The van der Waals surface area contributed by atoms with Crippen LogP contribution in [0.5, 0.6) is 11.5 Å². The summed E-state index contributed by atoms with van der Waals surface area (Å²) in [7, 11) is 3.30. The molecule has 0 unspecified atom stereocenters. The van der Waals surface area contributed by atoms with Crippen molar-refractivity contribution in [2.45, 2.75) is 39.2 Å². The molecular weight excluding hydrogens is 452 g/mol. The van der Waals surface area contributed by atoms with Crippen LogP contribution in [0.3, 0.4) is 0 Å². The first-order valence-corrected chi connectivity index (χ1v) is 12.6. The molecule has 1 aromatic carbocycles. The second-order valence-corrected chi connectivity index (χ2v) is 9.43. The molecule has 0 saturated carbocycles. The lowest BCUT2D eigenvalue weighted by molar-refractivity contribution is 0.0725. The molecule has 1 fully saturated rings. The lowest BCUT2D eigenvalue weighted by Gasteiger charge is -2.34. The molecule has 3 heterocycles. The number of methoxy groups -OCH3 is 2. The predicted molar refractivity (Wildman–Crippen MR) is 131 cm³/mol. The summed E-state index contributed by atoms with van der Waals surface area (Å²) < 4.78 is 11.2. The van der Waals surface area contributed by atoms with Gasteiger partial charge in [-0.1, -0.05) is 13.0 Å². The van der Waals surface area contributed by atoms with Gasteiger partial charge in [0.05, 0.1) is 20.8 Å². The molecule has 3 amide bonds. The zero-order valence-electron chi connectivity index (χ0n) is 20.2. The number of rotatable bonds is 4. The van der Waals surface area contributed by atoms with E-state index in [0.29, 0.717) is 49.9 Å². The summed E-state index contributed by atoms with van der Waals surface area (Å²) in [6, 6.07) is 3.86. The summed E-state index contributed by atoms with van der Waals surface area (Å²) in [5.74, 6) is 1.48. The third-order valence-corrected chi connectivity index (χ3v) is 7.28. The Kier molecular flexibility index (Phi) is 7.41. The van der Waals surface area contributed by atoms with Crippen molar-refractivity contribution in [3.05, 3.63) is 51.6 Å². The van der Waals surface area contributed by atoms with Gasteiger partial charge in [0.25, 0.3) is 5.91 Å². The highest BCUT2D eigenvalue weighted by atomic mass is 32.1. The van der Waals surface area contributed by atoms with Gasteiger partial charge in [0.2, 0.25) is 0 Å². The second-order valence-electron chi connectivity index (χ2n) is 8.53. The Balaban J connectivity index is 1.67. The predicted octanol–water partition coefficient (Wildman–Crippen LogP) is 4.34. The number of likely N-dealkylation sites (N-methyl/N-ethyl adjacent to an activating group) is 1. The van der Waals surface area contributed by atoms with Gasteiger partial charge in [-0.3, -0.25) is 9.69 Å². The highest BCUT2D eigenvalue weighted by molar-refractivity contribution is 7.11. The summed E-state index contributed by atoms with van der Waals surface area (Å²) in [6.45, 7) is 6.69. The normalized spacial score (nSPS) is 19.1. The molecule has 1 aromatic heterocycles. The Morgan fingerprint density at radius 2 is 2.03 bits per heavy atom. The molecular formula is C25H32N4O4S. The topological polar surface area (TPSA) is 75.2 Å². The second kappa shape index (κ2) is 10.5. The first kappa shape index (κ1) is 24.1. The van der Waals surface area contributed by atoms with Gasteiger partial charge in [-0.05, 0) is 31.4 Å². The van der Waals surface area contributed by atoms with Crippen LogP contribution in [-0.2, 0) is 6.54 Å². The Labute approximate surface area is 204 Å². The lowest BCUT2D eigenvalue weighted by Crippen LogP contribution is -2.47. The number of aromatic nitrogens is 1. The number of ether oxygens (including phenoxy) is 2. The minimum Gasteiger partial charge on any atom is -0.497 e. The molecule has 2 aromatic rings. The first-order chi connectivity index (χ1) is 16.5. The highest BCUT2D eigenvalue weighted by Crippen LogP contribution is 2.39. The Morgan fingerprint density at radius 1 is 1.21 bits per heavy atom. The van der Waals surface area contributed by atoms with E-state index < -0.39 is 0 Å². The van der Waals surface area contributed by atoms with Gasteiger partial charge in [-0.2, -0.15) is 0 Å². The molecule has 1 saturated heterocycles. The maximum atomic E-state index is 13.7. The SMILES string of the molecule is CCN1CCN(C(=O)c2nccs2)CCCC2=C[C@H](C)c3c(cc(OC)cc3OC)CN2C1=O. The van der Waals surface area contributed by atoms with E-state index in [2.05, 4.69) is 18.0 Å². The number of carbonyl (C=O) groups is 2. The molecule has 0 spiro atoms. The number of allylic oxidation sites excluding steroid dienone is 2. The van der Waals surface area contributed by atoms with Crippen molar-refractivity contribution in [2.75, 3.05) is 40.4 Å². The molecule has 4 rings (SSSR count). The van der Waals surface area contributed by atoms with Crippen LogP contribution in [-0.4, -0.2) is 72.0 Å². The molecule has 9 heteroatoms. The molecule has 0 bridgehead atoms. The zero-order valence-corrected chi connectivity index (χ0v) is 21.1. The molecule has 182 valence electrons. The molecule has 1 atom stereocenters. The van der Waals surface area contributed by atoms with Crippen molar-refractivity contribution >= 4 is 23.3 Å². The summed E-state index contributed by atoms with van der Waals surface area (Å²) in [6.07, 6.45) is 5.28. The van der Waals surface area contributed by atoms with Crippen LogP contribution in [0.25, 0.3) is 0 Å². The molecule has 8 nitrogen and oxygen atoms in total. The van der Waals surface area contributed by atoms with E-state index in [0.717, 1.165) is 29.0 Å². The van der Waals surface area contributed by atoms with Crippen LogP contribution in [0.15, 0.2) is 35.5 Å². The number of benzene rings is 1. The molecule has 2 aliphatic heterocycles. The lowest BCUT2D eigenvalue weighted by atomic mass is 9.94. The average molecular weight is 485 g/mol. The number of hydrogen-bond donors (Lipinski definition) is 0. The summed E-state index contributed by atoms with van der Waals surface area (Å²) in [5, 5.41) is 2.30. The molecule has 0 aliphatic carbocycles. The van der Waals surface area contributed by atoms with Gasteiger partial charge in [-0.15, -0.1) is 11.3 Å². The van der Waals surface area contributed by atoms with E-state index in [4.69, 9.17) is 9.47 Å². The van der Waals surface area contributed by atoms with Gasteiger partial charge < -0.3 is 19.3 Å². The van der Waals surface area contributed by atoms with Crippen molar-refractivity contribution in [3.63, 3.8) is 0 Å². The number of hydrogen-bond acceptors (Lipinski definition) is 6. The number of fused-ring (bicyclic) bond motifs is 2. The minimum absolute atomic E-state index is 0.0425. The largest absolute Gasteiger partial charge is 0.497 e. The van der Waals surface area contributed by atoms with Gasteiger partial charge in [0, 0.05) is 61.0 Å². The minimum atomic E-state index is -0.0663. The number of urea groups is 1. The third kappa shape index (κ3) is 4.75. The smallest absolute Gasteiger partial charge is 0.324 e. The Hall–Kier alpha value is -3.07. The Morgan fingerprint density at radius 3 is 2.71 bits per heavy atom. The van der Waals surface area contributed by atoms with E-state index in [1.807, 2.05) is 39.1 Å². The van der Waals surface area contributed by atoms with Crippen LogP contribution in [0, 0.1) is 0 Å². The van der Waals surface area contributed by atoms with Crippen molar-refractivity contribution < 1.29 is 19.1 Å². The number of nitrogens with zero attached hydrogens (tertiary/aromatic N) is 4. The van der Waals surface area contributed by atoms with Crippen LogP contribution in [0.1, 0.15) is 53.5 Å². The van der Waals surface area contributed by atoms with Crippen LogP contribution < -0.4 is 9.47 Å². The monoisotopic (exact) mass is 484 g/mol. The third-order valence-electron chi connectivity index (χ3n) is 6.52. The van der Waals surface area contributed by atoms with Crippen LogP contribution >= 0.6 is 11.3 Å². The zero-order chi connectivity index (χ0) is 24.2. The first-order valence-electron chi connectivity index (χ1n) is 11.7. The maximum Gasteiger partial charge on any atom is 0.324 e. The molecule has 2 aliphatic rings. The van der Waals surface area contributed by atoms with Gasteiger partial charge in [0.15, 0.2) is 5.01 Å². The van der Waals surface area contributed by atoms with E-state index in [1.165, 1.54) is 11.3 Å². The van der Waals surface area contributed by atoms with Crippen molar-refractivity contribution in [2.24, 2.45) is 0 Å².